The molecule has 4 unspecified atom stereocenters. The number of allylic oxidation sites excluding steroid dienone is 1. The average Bonchev–Trinajstić information content (AvgIpc) is 3.48. The highest BCUT2D eigenvalue weighted by Gasteiger charge is 2.80. The van der Waals surface area contributed by atoms with Crippen molar-refractivity contribution in [3.8, 4) is 0 Å². The van der Waals surface area contributed by atoms with E-state index in [2.05, 4.69) is 31.1 Å². The van der Waals surface area contributed by atoms with Gasteiger partial charge in [0.25, 0.3) is 0 Å². The summed E-state index contributed by atoms with van der Waals surface area (Å²) in [5.41, 5.74) is -0.0991. The van der Waals surface area contributed by atoms with E-state index in [1.54, 1.807) is 0 Å². The first-order valence-electron chi connectivity index (χ1n) is 11.8. The van der Waals surface area contributed by atoms with Crippen molar-refractivity contribution in [2.75, 3.05) is 11.9 Å². The quantitative estimate of drug-likeness (QED) is 0.704. The number of amides is 3. The molecule has 5 aliphatic heterocycles. The molecule has 1 saturated carbocycles. The number of hydrogen-bond acceptors (Lipinski definition) is 4. The lowest BCUT2D eigenvalue weighted by atomic mass is 9.57. The van der Waals surface area contributed by atoms with Gasteiger partial charge >= 0.3 is 0 Å². The summed E-state index contributed by atoms with van der Waals surface area (Å²) in [6.45, 7) is 10.7. The normalized spacial score (nSPS) is 37.4. The summed E-state index contributed by atoms with van der Waals surface area (Å²) < 4.78 is 5.95. The number of nitrogens with one attached hydrogen (secondary N) is 2. The van der Waals surface area contributed by atoms with E-state index in [1.807, 2.05) is 30.0 Å². The summed E-state index contributed by atoms with van der Waals surface area (Å²) in [6, 6.07) is 5.80. The lowest BCUT2D eigenvalue weighted by Crippen LogP contribution is -2.81. The van der Waals surface area contributed by atoms with E-state index in [0.717, 1.165) is 28.6 Å². The molecule has 2 N–H and O–H groups in total. The third-order valence-electron chi connectivity index (χ3n) is 9.73. The number of anilines is 1. The monoisotopic (exact) mass is 445 g/mol. The van der Waals surface area contributed by atoms with Crippen LogP contribution in [0.15, 0.2) is 29.2 Å². The van der Waals surface area contributed by atoms with Crippen LogP contribution >= 0.6 is 0 Å². The number of rotatable bonds is 1. The first-order chi connectivity index (χ1) is 15.6. The third-order valence-corrected chi connectivity index (χ3v) is 9.73. The van der Waals surface area contributed by atoms with E-state index in [4.69, 9.17) is 4.42 Å². The minimum absolute atomic E-state index is 0.00370. The maximum atomic E-state index is 13.9. The Balaban J connectivity index is 1.46. The Morgan fingerprint density at radius 1 is 1.21 bits per heavy atom. The van der Waals surface area contributed by atoms with Crippen LogP contribution in [-0.2, 0) is 19.8 Å². The third kappa shape index (κ3) is 1.80. The molecule has 5 fully saturated rings. The van der Waals surface area contributed by atoms with Crippen molar-refractivity contribution in [1.82, 2.24) is 10.2 Å². The summed E-state index contributed by atoms with van der Waals surface area (Å²) in [5, 5.41) is 7.18. The molecule has 7 heteroatoms. The van der Waals surface area contributed by atoms with Crippen LogP contribution in [0.3, 0.4) is 0 Å². The number of furan rings is 1. The van der Waals surface area contributed by atoms with Gasteiger partial charge in [-0.3, -0.25) is 14.4 Å². The van der Waals surface area contributed by atoms with Gasteiger partial charge in [-0.25, -0.2) is 0 Å². The largest absolute Gasteiger partial charge is 0.456 e. The molecule has 2 aromatic rings. The van der Waals surface area contributed by atoms with Crippen LogP contribution in [0.25, 0.3) is 16.5 Å². The zero-order valence-electron chi connectivity index (χ0n) is 19.1. The Kier molecular flexibility index (Phi) is 3.14. The van der Waals surface area contributed by atoms with E-state index in [-0.39, 0.29) is 30.1 Å². The number of benzene rings is 1. The molecule has 4 atom stereocenters. The van der Waals surface area contributed by atoms with Crippen LogP contribution < -0.4 is 10.6 Å². The highest BCUT2D eigenvalue weighted by atomic mass is 16.3. The number of piperidine rings is 2. The van der Waals surface area contributed by atoms with E-state index < -0.39 is 21.9 Å². The Labute approximate surface area is 191 Å². The van der Waals surface area contributed by atoms with Gasteiger partial charge in [-0.1, -0.05) is 26.5 Å². The number of carbonyl (C=O) groups is 3. The van der Waals surface area contributed by atoms with Gasteiger partial charge in [0.15, 0.2) is 0 Å². The lowest BCUT2D eigenvalue weighted by Gasteiger charge is -2.59. The van der Waals surface area contributed by atoms with Gasteiger partial charge < -0.3 is 20.0 Å². The summed E-state index contributed by atoms with van der Waals surface area (Å²) in [6.07, 6.45) is 2.45. The first-order valence-corrected chi connectivity index (χ1v) is 11.8. The topological polar surface area (TPSA) is 91.7 Å². The molecule has 1 aromatic carbocycles. The van der Waals surface area contributed by atoms with Gasteiger partial charge in [-0.2, -0.15) is 0 Å². The van der Waals surface area contributed by atoms with Gasteiger partial charge in [0.05, 0.1) is 11.1 Å². The second-order valence-corrected chi connectivity index (χ2v) is 11.3. The molecule has 170 valence electrons. The van der Waals surface area contributed by atoms with Crippen LogP contribution in [0.2, 0.25) is 0 Å². The van der Waals surface area contributed by atoms with Crippen molar-refractivity contribution in [2.45, 2.75) is 62.9 Å². The van der Waals surface area contributed by atoms with Crippen LogP contribution in [0.1, 0.15) is 57.8 Å². The molecule has 6 aliphatic rings. The van der Waals surface area contributed by atoms with Crippen molar-refractivity contribution in [1.29, 1.82) is 0 Å². The molecule has 2 bridgehead atoms. The molecule has 6 heterocycles. The van der Waals surface area contributed by atoms with Crippen molar-refractivity contribution in [2.24, 2.45) is 11.3 Å². The molecule has 3 spiro atoms. The molecule has 7 nitrogen and oxygen atoms in total. The molecule has 1 aliphatic carbocycles. The zero-order valence-corrected chi connectivity index (χ0v) is 19.1. The average molecular weight is 446 g/mol. The van der Waals surface area contributed by atoms with Gasteiger partial charge in [0, 0.05) is 17.8 Å². The fraction of sp³-hybridized carbons (Fsp3) is 0.500. The highest BCUT2D eigenvalue weighted by Crippen LogP contribution is 2.70. The second kappa shape index (κ2) is 5.34. The number of nitrogens with zero attached hydrogens (tertiary/aromatic N) is 1. The van der Waals surface area contributed by atoms with Crippen LogP contribution in [0.5, 0.6) is 0 Å². The second-order valence-electron chi connectivity index (χ2n) is 11.3. The number of fused-ring (bicyclic) bond motifs is 5. The van der Waals surface area contributed by atoms with Crippen LogP contribution in [-0.4, -0.2) is 40.2 Å². The minimum atomic E-state index is -1.04. The molecule has 4 saturated heterocycles. The summed E-state index contributed by atoms with van der Waals surface area (Å²) in [7, 11) is 0. The molecule has 0 radical (unpaired) electrons. The van der Waals surface area contributed by atoms with Crippen LogP contribution in [0, 0.1) is 11.3 Å². The standard InChI is InChI=1S/C26H27N3O4/c1-13(2)17-10-14-16(33-17)7-6-15-19(14)27-21(31)25(15)12-26-18(23(25,3)4)11-24(20(30)28-26)8-5-9-29(24)22(26)32/h6-7,10,18H,1,5,8-9,11-12H2,2-4H3,(H,27,31)(H,28,30). The van der Waals surface area contributed by atoms with Crippen molar-refractivity contribution in [3.05, 3.63) is 36.1 Å². The van der Waals surface area contributed by atoms with Gasteiger partial charge in [-0.05, 0) is 61.3 Å². The smallest absolute Gasteiger partial charge is 0.249 e. The molecule has 33 heavy (non-hydrogen) atoms. The predicted molar refractivity (Wildman–Crippen MR) is 122 cm³/mol. The fourth-order valence-electron chi connectivity index (χ4n) is 8.10. The number of carbonyl (C=O) groups excluding carboxylic acids is 3. The maximum Gasteiger partial charge on any atom is 0.249 e. The fourth-order valence-corrected chi connectivity index (χ4v) is 8.10. The SMILES string of the molecule is C=C(C)c1cc2c3c(ccc2o1)C1(CC24NC(=O)C5(CCCN5C2=O)CC4C1(C)C)C(=O)N3. The van der Waals surface area contributed by atoms with Gasteiger partial charge in [0.1, 0.15) is 22.4 Å². The lowest BCUT2D eigenvalue weighted by molar-refractivity contribution is -0.175. The van der Waals surface area contributed by atoms with E-state index >= 15 is 0 Å². The molecule has 3 amide bonds. The predicted octanol–water partition coefficient (Wildman–Crippen LogP) is 3.34. The van der Waals surface area contributed by atoms with Crippen molar-refractivity contribution < 1.29 is 18.8 Å². The van der Waals surface area contributed by atoms with E-state index in [1.165, 1.54) is 0 Å². The maximum absolute atomic E-state index is 13.9. The van der Waals surface area contributed by atoms with E-state index in [0.29, 0.717) is 30.7 Å². The van der Waals surface area contributed by atoms with E-state index in [9.17, 15) is 14.4 Å². The molecular weight excluding hydrogens is 418 g/mol. The Morgan fingerprint density at radius 3 is 2.76 bits per heavy atom. The van der Waals surface area contributed by atoms with Crippen LogP contribution in [0.4, 0.5) is 5.69 Å². The summed E-state index contributed by atoms with van der Waals surface area (Å²) in [4.78, 5) is 42.9. The Morgan fingerprint density at radius 2 is 2.00 bits per heavy atom. The van der Waals surface area contributed by atoms with Gasteiger partial charge in [0.2, 0.25) is 17.7 Å². The molecule has 8 rings (SSSR count). The highest BCUT2D eigenvalue weighted by molar-refractivity contribution is 6.16. The zero-order chi connectivity index (χ0) is 23.1. The molecular formula is C26H27N3O4. The first kappa shape index (κ1) is 19.4. The number of piperazine rings is 1. The van der Waals surface area contributed by atoms with Gasteiger partial charge in [-0.15, -0.1) is 0 Å². The summed E-state index contributed by atoms with van der Waals surface area (Å²) >= 11 is 0. The Bertz CT molecular complexity index is 1350. The van der Waals surface area contributed by atoms with Crippen molar-refractivity contribution in [3.63, 3.8) is 0 Å². The minimum Gasteiger partial charge on any atom is -0.456 e. The van der Waals surface area contributed by atoms with Crippen molar-refractivity contribution >= 4 is 40.0 Å². The summed E-state index contributed by atoms with van der Waals surface area (Å²) in [5.74, 6) is 0.425. The number of hydrogen-bond donors (Lipinski definition) is 2. The molecule has 1 aromatic heterocycles. The Hall–Kier alpha value is -3.09.